The van der Waals surface area contributed by atoms with E-state index >= 15 is 0 Å². The average molecular weight is 390 g/mol. The van der Waals surface area contributed by atoms with Gasteiger partial charge in [-0.15, -0.1) is 0 Å². The Morgan fingerprint density at radius 3 is 2.45 bits per heavy atom. The van der Waals surface area contributed by atoms with Crippen LogP contribution in [0.25, 0.3) is 16.9 Å². The van der Waals surface area contributed by atoms with Crippen molar-refractivity contribution in [3.05, 3.63) is 72.4 Å². The molecule has 0 radical (unpaired) electrons. The first kappa shape index (κ1) is 19.4. The monoisotopic (exact) mass is 389 g/mol. The lowest BCUT2D eigenvalue weighted by molar-refractivity contribution is -0.885. The van der Waals surface area contributed by atoms with E-state index in [1.54, 1.807) is 0 Å². The predicted molar refractivity (Wildman–Crippen MR) is 115 cm³/mol. The van der Waals surface area contributed by atoms with Crippen LogP contribution < -0.4 is 10.2 Å². The Labute approximate surface area is 172 Å². The molecule has 1 aliphatic carbocycles. The third-order valence-corrected chi connectivity index (χ3v) is 5.53. The second kappa shape index (κ2) is 8.62. The molecule has 1 saturated carbocycles. The van der Waals surface area contributed by atoms with Gasteiger partial charge in [-0.05, 0) is 37.8 Å². The van der Waals surface area contributed by atoms with Gasteiger partial charge in [-0.1, -0.05) is 48.5 Å². The number of nitrogens with zero attached hydrogens (tertiary/aromatic N) is 2. The molecule has 150 valence electrons. The summed E-state index contributed by atoms with van der Waals surface area (Å²) in [6, 6.07) is 20.7. The van der Waals surface area contributed by atoms with Crippen molar-refractivity contribution in [2.45, 2.75) is 32.4 Å². The summed E-state index contributed by atoms with van der Waals surface area (Å²) in [4.78, 5) is 13.6. The van der Waals surface area contributed by atoms with Gasteiger partial charge in [0.1, 0.15) is 12.2 Å². The van der Waals surface area contributed by atoms with E-state index in [4.69, 9.17) is 5.10 Å². The van der Waals surface area contributed by atoms with Crippen LogP contribution >= 0.6 is 0 Å². The van der Waals surface area contributed by atoms with Gasteiger partial charge in [-0.2, -0.15) is 5.10 Å². The molecule has 1 aliphatic rings. The molecule has 2 atom stereocenters. The summed E-state index contributed by atoms with van der Waals surface area (Å²) in [5, 5.41) is 8.02. The predicted octanol–water partition coefficient (Wildman–Crippen LogP) is 2.47. The first-order chi connectivity index (χ1) is 14.1. The molecule has 1 aromatic heterocycles. The number of quaternary nitrogens is 1. The van der Waals surface area contributed by atoms with E-state index in [1.807, 2.05) is 41.1 Å². The van der Waals surface area contributed by atoms with E-state index in [1.165, 1.54) is 12.8 Å². The highest BCUT2D eigenvalue weighted by Crippen LogP contribution is 2.32. The van der Waals surface area contributed by atoms with Crippen LogP contribution in [0.1, 0.15) is 25.3 Å². The average Bonchev–Trinajstić information content (AvgIpc) is 3.50. The molecule has 0 bridgehead atoms. The largest absolute Gasteiger partial charge is 0.348 e. The molecular weight excluding hydrogens is 360 g/mol. The Bertz CT molecular complexity index is 948. The van der Waals surface area contributed by atoms with E-state index in [-0.39, 0.29) is 11.9 Å². The normalized spacial score (nSPS) is 15.7. The van der Waals surface area contributed by atoms with Gasteiger partial charge in [0.2, 0.25) is 0 Å². The van der Waals surface area contributed by atoms with Crippen molar-refractivity contribution in [2.24, 2.45) is 5.92 Å². The molecule has 5 nitrogen and oxygen atoms in total. The summed E-state index contributed by atoms with van der Waals surface area (Å²) >= 11 is 0. The zero-order chi connectivity index (χ0) is 20.2. The Balaban J connectivity index is 1.52. The molecule has 2 aromatic carbocycles. The van der Waals surface area contributed by atoms with E-state index in [9.17, 15) is 4.79 Å². The zero-order valence-electron chi connectivity index (χ0n) is 17.1. The minimum atomic E-state index is 0.124. The standard InChI is InChI=1S/C24H28N4O/c1-18(19-13-14-19)25-23(29)17-27(2)15-21-16-28(22-11-7-4-8-12-22)26-24(21)20-9-5-3-6-10-20/h3-12,16,18-19H,13-15,17H2,1-2H3,(H,25,29)/p+1/t18-/m0/s1. The van der Waals surface area contributed by atoms with Crippen LogP contribution in [0.3, 0.4) is 0 Å². The topological polar surface area (TPSA) is 51.4 Å². The van der Waals surface area contributed by atoms with E-state index in [0.717, 1.165) is 34.0 Å². The quantitative estimate of drug-likeness (QED) is 0.622. The first-order valence-corrected chi connectivity index (χ1v) is 10.4. The fourth-order valence-electron chi connectivity index (χ4n) is 3.77. The molecule has 4 rings (SSSR count). The summed E-state index contributed by atoms with van der Waals surface area (Å²) in [5.74, 6) is 0.798. The van der Waals surface area contributed by atoms with Gasteiger partial charge in [0, 0.05) is 17.8 Å². The molecule has 3 aromatic rings. The number of benzene rings is 2. The van der Waals surface area contributed by atoms with Crippen molar-refractivity contribution in [3.63, 3.8) is 0 Å². The van der Waals surface area contributed by atoms with Crippen LogP contribution in [0.4, 0.5) is 0 Å². The van der Waals surface area contributed by atoms with Gasteiger partial charge in [0.15, 0.2) is 6.54 Å². The highest BCUT2D eigenvalue weighted by Gasteiger charge is 2.29. The fraction of sp³-hybridized carbons (Fsp3) is 0.333. The van der Waals surface area contributed by atoms with Gasteiger partial charge in [-0.3, -0.25) is 4.79 Å². The number of hydrogen-bond acceptors (Lipinski definition) is 2. The summed E-state index contributed by atoms with van der Waals surface area (Å²) in [5.41, 5.74) is 4.24. The maximum atomic E-state index is 12.4. The Hall–Kier alpha value is -2.92. The van der Waals surface area contributed by atoms with Gasteiger partial charge in [0.25, 0.3) is 5.91 Å². The van der Waals surface area contributed by atoms with Crippen LogP contribution in [0.2, 0.25) is 0 Å². The molecule has 2 N–H and O–H groups in total. The maximum Gasteiger partial charge on any atom is 0.275 e. The molecular formula is C24H29N4O+. The second-order valence-electron chi connectivity index (χ2n) is 8.15. The highest BCUT2D eigenvalue weighted by molar-refractivity contribution is 5.77. The zero-order valence-corrected chi connectivity index (χ0v) is 17.1. The maximum absolute atomic E-state index is 12.4. The van der Waals surface area contributed by atoms with Crippen molar-refractivity contribution >= 4 is 5.91 Å². The van der Waals surface area contributed by atoms with Crippen molar-refractivity contribution in [2.75, 3.05) is 13.6 Å². The van der Waals surface area contributed by atoms with Crippen LogP contribution in [0.15, 0.2) is 66.9 Å². The highest BCUT2D eigenvalue weighted by atomic mass is 16.2. The SMILES string of the molecule is C[C@H](NC(=O)C[NH+](C)Cc1cn(-c2ccccc2)nc1-c1ccccc1)C1CC1. The Morgan fingerprint density at radius 1 is 1.14 bits per heavy atom. The fourth-order valence-corrected chi connectivity index (χ4v) is 3.77. The molecule has 1 amide bonds. The molecule has 1 fully saturated rings. The van der Waals surface area contributed by atoms with Gasteiger partial charge in [0.05, 0.1) is 18.3 Å². The van der Waals surface area contributed by atoms with Gasteiger partial charge < -0.3 is 10.2 Å². The number of likely N-dealkylation sites (N-methyl/N-ethyl adjacent to an activating group) is 1. The van der Waals surface area contributed by atoms with E-state index in [0.29, 0.717) is 12.5 Å². The molecule has 5 heteroatoms. The number of rotatable bonds is 8. The molecule has 0 saturated heterocycles. The molecule has 0 spiro atoms. The third kappa shape index (κ3) is 4.93. The lowest BCUT2D eigenvalue weighted by Gasteiger charge is -2.16. The van der Waals surface area contributed by atoms with Crippen molar-refractivity contribution in [3.8, 4) is 16.9 Å². The number of carbonyl (C=O) groups is 1. The summed E-state index contributed by atoms with van der Waals surface area (Å²) in [6.45, 7) is 3.31. The molecule has 1 heterocycles. The smallest absolute Gasteiger partial charge is 0.275 e. The van der Waals surface area contributed by atoms with Crippen LogP contribution in [0, 0.1) is 5.92 Å². The van der Waals surface area contributed by atoms with Crippen LogP contribution in [-0.2, 0) is 11.3 Å². The Morgan fingerprint density at radius 2 is 1.79 bits per heavy atom. The van der Waals surface area contributed by atoms with Crippen molar-refractivity contribution < 1.29 is 9.69 Å². The number of aromatic nitrogens is 2. The Kier molecular flexibility index (Phi) is 5.76. The summed E-state index contributed by atoms with van der Waals surface area (Å²) < 4.78 is 1.93. The van der Waals surface area contributed by atoms with Gasteiger partial charge >= 0.3 is 0 Å². The summed E-state index contributed by atoms with van der Waals surface area (Å²) in [7, 11) is 2.07. The van der Waals surface area contributed by atoms with Gasteiger partial charge in [-0.25, -0.2) is 4.68 Å². The minimum absolute atomic E-state index is 0.124. The van der Waals surface area contributed by atoms with Crippen molar-refractivity contribution in [1.29, 1.82) is 0 Å². The molecule has 29 heavy (non-hydrogen) atoms. The van der Waals surface area contributed by atoms with Crippen LogP contribution in [-0.4, -0.2) is 35.3 Å². The minimum Gasteiger partial charge on any atom is -0.348 e. The lowest BCUT2D eigenvalue weighted by Crippen LogP contribution is -3.09. The summed E-state index contributed by atoms with van der Waals surface area (Å²) in [6.07, 6.45) is 4.57. The number of amides is 1. The second-order valence-corrected chi connectivity index (χ2v) is 8.15. The third-order valence-electron chi connectivity index (χ3n) is 5.53. The van der Waals surface area contributed by atoms with Crippen LogP contribution in [0.5, 0.6) is 0 Å². The first-order valence-electron chi connectivity index (χ1n) is 10.4. The lowest BCUT2D eigenvalue weighted by atomic mass is 10.1. The number of carbonyl (C=O) groups excluding carboxylic acids is 1. The number of hydrogen-bond donors (Lipinski definition) is 2. The number of para-hydroxylation sites is 1. The molecule has 0 aliphatic heterocycles. The van der Waals surface area contributed by atoms with E-state index in [2.05, 4.69) is 49.8 Å². The molecule has 1 unspecified atom stereocenters. The van der Waals surface area contributed by atoms with Crippen molar-refractivity contribution in [1.82, 2.24) is 15.1 Å². The number of nitrogens with one attached hydrogen (secondary N) is 2. The van der Waals surface area contributed by atoms with E-state index < -0.39 is 0 Å².